The van der Waals surface area contributed by atoms with Crippen molar-refractivity contribution in [1.29, 1.82) is 5.26 Å². The Balaban J connectivity index is 1.79. The first kappa shape index (κ1) is 16.4. The van der Waals surface area contributed by atoms with Crippen LogP contribution in [0, 0.1) is 17.1 Å². The van der Waals surface area contributed by atoms with Gasteiger partial charge in [0.05, 0.1) is 18.1 Å². The molecule has 0 aliphatic heterocycles. The van der Waals surface area contributed by atoms with Gasteiger partial charge in [-0.1, -0.05) is 12.1 Å². The molecule has 0 saturated carbocycles. The smallest absolute Gasteiger partial charge is 0.306 e. The Morgan fingerprint density at radius 2 is 1.83 bits per heavy atom. The van der Waals surface area contributed by atoms with Crippen LogP contribution in [-0.4, -0.2) is 11.8 Å². The van der Waals surface area contributed by atoms with Crippen LogP contribution in [0.15, 0.2) is 48.5 Å². The number of hydrogen-bond acceptors (Lipinski definition) is 4. The third kappa shape index (κ3) is 5.04. The maximum absolute atomic E-state index is 12.8. The number of esters is 1. The first-order valence-electron chi connectivity index (χ1n) is 7.02. The summed E-state index contributed by atoms with van der Waals surface area (Å²) in [5, 5.41) is 8.79. The molecule has 0 spiro atoms. The summed E-state index contributed by atoms with van der Waals surface area (Å²) in [6.07, 6.45) is -0.0448. The van der Waals surface area contributed by atoms with Crippen molar-refractivity contribution in [3.8, 4) is 6.07 Å². The molecule has 2 aromatic rings. The van der Waals surface area contributed by atoms with E-state index in [-0.39, 0.29) is 25.2 Å². The highest BCUT2D eigenvalue weighted by atomic mass is 19.1. The average molecular weight is 311 g/mol. The van der Waals surface area contributed by atoms with E-state index < -0.39 is 11.8 Å². The highest BCUT2D eigenvalue weighted by Gasteiger charge is 2.10. The predicted octanol–water partition coefficient (Wildman–Crippen LogP) is 3.40. The van der Waals surface area contributed by atoms with Gasteiger partial charge in [0.2, 0.25) is 0 Å². The van der Waals surface area contributed by atoms with E-state index in [1.807, 2.05) is 6.07 Å². The van der Waals surface area contributed by atoms with Gasteiger partial charge < -0.3 is 4.74 Å². The van der Waals surface area contributed by atoms with Crippen LogP contribution in [0.4, 0.5) is 4.39 Å². The van der Waals surface area contributed by atoms with Crippen LogP contribution in [0.25, 0.3) is 0 Å². The maximum atomic E-state index is 12.8. The van der Waals surface area contributed by atoms with Crippen LogP contribution >= 0.6 is 0 Å². The summed E-state index contributed by atoms with van der Waals surface area (Å²) in [5.74, 6) is -1.16. The van der Waals surface area contributed by atoms with Crippen molar-refractivity contribution >= 4 is 11.8 Å². The number of hydrogen-bond donors (Lipinski definition) is 0. The Bertz CT molecular complexity index is 748. The highest BCUT2D eigenvalue weighted by molar-refractivity contribution is 5.97. The molecule has 0 bridgehead atoms. The van der Waals surface area contributed by atoms with Crippen molar-refractivity contribution in [2.45, 2.75) is 19.4 Å². The molecule has 116 valence electrons. The molecule has 0 saturated heterocycles. The molecule has 0 amide bonds. The average Bonchev–Trinajstić information content (AvgIpc) is 2.58. The minimum absolute atomic E-state index is 0.00268. The summed E-state index contributed by atoms with van der Waals surface area (Å²) in [7, 11) is 0. The minimum atomic E-state index is -0.497. The van der Waals surface area contributed by atoms with Crippen molar-refractivity contribution in [3.05, 3.63) is 71.0 Å². The summed E-state index contributed by atoms with van der Waals surface area (Å²) in [5.41, 5.74) is 1.56. The van der Waals surface area contributed by atoms with E-state index >= 15 is 0 Å². The number of benzene rings is 2. The van der Waals surface area contributed by atoms with Crippen LogP contribution in [0.3, 0.4) is 0 Å². The molecule has 0 aromatic heterocycles. The lowest BCUT2D eigenvalue weighted by Crippen LogP contribution is -2.08. The standard InChI is InChI=1S/C18H14FNO3/c19-16-6-4-15(5-7-16)17(21)8-9-18(22)23-12-14-3-1-2-13(10-14)11-20/h1-7,10H,8-9,12H2. The minimum Gasteiger partial charge on any atom is -0.461 e. The van der Waals surface area contributed by atoms with E-state index in [9.17, 15) is 14.0 Å². The Labute approximate surface area is 133 Å². The number of carbonyl (C=O) groups is 2. The van der Waals surface area contributed by atoms with Gasteiger partial charge in [-0.3, -0.25) is 9.59 Å². The van der Waals surface area contributed by atoms with Crippen LogP contribution < -0.4 is 0 Å². The summed E-state index contributed by atoms with van der Waals surface area (Å²) in [4.78, 5) is 23.5. The molecule has 5 heteroatoms. The Morgan fingerprint density at radius 1 is 1.09 bits per heavy atom. The molecule has 4 nitrogen and oxygen atoms in total. The molecule has 0 unspecified atom stereocenters. The summed E-state index contributed by atoms with van der Waals surface area (Å²) < 4.78 is 17.8. The Morgan fingerprint density at radius 3 is 2.52 bits per heavy atom. The molecule has 23 heavy (non-hydrogen) atoms. The quantitative estimate of drug-likeness (QED) is 0.605. The van der Waals surface area contributed by atoms with Crippen molar-refractivity contribution in [2.75, 3.05) is 0 Å². The van der Waals surface area contributed by atoms with E-state index in [1.54, 1.807) is 24.3 Å². The highest BCUT2D eigenvalue weighted by Crippen LogP contribution is 2.10. The maximum Gasteiger partial charge on any atom is 0.306 e. The van der Waals surface area contributed by atoms with Crippen molar-refractivity contribution < 1.29 is 18.7 Å². The fourth-order valence-electron chi connectivity index (χ4n) is 1.96. The van der Waals surface area contributed by atoms with Crippen LogP contribution in [-0.2, 0) is 16.1 Å². The molecule has 0 aliphatic carbocycles. The van der Waals surface area contributed by atoms with Crippen LogP contribution in [0.1, 0.15) is 34.3 Å². The molecule has 0 N–H and O–H groups in total. The number of nitriles is 1. The summed E-state index contributed by atoms with van der Waals surface area (Å²) in [6.45, 7) is 0.0547. The van der Waals surface area contributed by atoms with Crippen molar-refractivity contribution in [1.82, 2.24) is 0 Å². The second-order valence-electron chi connectivity index (χ2n) is 4.90. The number of nitrogens with zero attached hydrogens (tertiary/aromatic N) is 1. The monoisotopic (exact) mass is 311 g/mol. The van der Waals surface area contributed by atoms with E-state index in [0.29, 0.717) is 16.7 Å². The van der Waals surface area contributed by atoms with Crippen LogP contribution in [0.5, 0.6) is 0 Å². The van der Waals surface area contributed by atoms with Gasteiger partial charge in [-0.2, -0.15) is 5.26 Å². The zero-order chi connectivity index (χ0) is 16.7. The second-order valence-corrected chi connectivity index (χ2v) is 4.90. The number of ether oxygens (including phenoxy) is 1. The van der Waals surface area contributed by atoms with Gasteiger partial charge in [-0.25, -0.2) is 4.39 Å². The van der Waals surface area contributed by atoms with Gasteiger partial charge in [0.15, 0.2) is 5.78 Å². The number of halogens is 1. The van der Waals surface area contributed by atoms with E-state index in [4.69, 9.17) is 10.00 Å². The zero-order valence-electron chi connectivity index (χ0n) is 12.3. The fourth-order valence-corrected chi connectivity index (χ4v) is 1.96. The van der Waals surface area contributed by atoms with E-state index in [0.717, 1.165) is 0 Å². The summed E-state index contributed by atoms with van der Waals surface area (Å²) in [6, 6.07) is 13.9. The molecule has 0 heterocycles. The molecular weight excluding hydrogens is 297 g/mol. The molecule has 2 rings (SSSR count). The van der Waals surface area contributed by atoms with Gasteiger partial charge in [0.25, 0.3) is 0 Å². The van der Waals surface area contributed by atoms with Crippen molar-refractivity contribution in [2.24, 2.45) is 0 Å². The molecule has 2 aromatic carbocycles. The van der Waals surface area contributed by atoms with E-state index in [2.05, 4.69) is 0 Å². The molecule has 0 radical (unpaired) electrons. The number of ketones is 1. The summed E-state index contributed by atoms with van der Waals surface area (Å²) >= 11 is 0. The number of carbonyl (C=O) groups excluding carboxylic acids is 2. The second kappa shape index (κ2) is 7.85. The normalized spacial score (nSPS) is 9.91. The van der Waals surface area contributed by atoms with Crippen molar-refractivity contribution in [3.63, 3.8) is 0 Å². The molecule has 0 atom stereocenters. The van der Waals surface area contributed by atoms with Gasteiger partial charge in [-0.15, -0.1) is 0 Å². The number of rotatable bonds is 6. The van der Waals surface area contributed by atoms with Gasteiger partial charge in [0, 0.05) is 12.0 Å². The SMILES string of the molecule is N#Cc1cccc(COC(=O)CCC(=O)c2ccc(F)cc2)c1. The van der Waals surface area contributed by atoms with Gasteiger partial charge in [0.1, 0.15) is 12.4 Å². The largest absolute Gasteiger partial charge is 0.461 e. The zero-order valence-corrected chi connectivity index (χ0v) is 12.3. The van der Waals surface area contributed by atoms with Crippen LogP contribution in [0.2, 0.25) is 0 Å². The molecule has 0 aliphatic rings. The predicted molar refractivity (Wildman–Crippen MR) is 80.9 cm³/mol. The third-order valence-electron chi connectivity index (χ3n) is 3.18. The topological polar surface area (TPSA) is 67.2 Å². The third-order valence-corrected chi connectivity index (χ3v) is 3.18. The number of Topliss-reactive ketones (excluding diaryl/α,β-unsaturated/α-hetero) is 1. The first-order valence-corrected chi connectivity index (χ1v) is 7.02. The fraction of sp³-hybridized carbons (Fsp3) is 0.167. The lowest BCUT2D eigenvalue weighted by atomic mass is 10.1. The van der Waals surface area contributed by atoms with E-state index in [1.165, 1.54) is 24.3 Å². The van der Waals surface area contributed by atoms with Gasteiger partial charge in [-0.05, 0) is 42.0 Å². The molecule has 0 fully saturated rings. The lowest BCUT2D eigenvalue weighted by Gasteiger charge is -2.05. The Kier molecular flexibility index (Phi) is 5.59. The molecular formula is C18H14FNO3. The van der Waals surface area contributed by atoms with Gasteiger partial charge >= 0.3 is 5.97 Å². The lowest BCUT2D eigenvalue weighted by molar-refractivity contribution is -0.144. The Hall–Kier alpha value is -3.00. The first-order chi connectivity index (χ1) is 11.1.